The molecule has 0 fully saturated rings. The molecule has 1 nitrogen and oxygen atoms in total. The van der Waals surface area contributed by atoms with Gasteiger partial charge in [-0.3, -0.25) is 0 Å². The van der Waals surface area contributed by atoms with Gasteiger partial charge in [-0.25, -0.2) is 4.57 Å². The molecule has 0 saturated heterocycles. The second kappa shape index (κ2) is 11.3. The van der Waals surface area contributed by atoms with Crippen molar-refractivity contribution in [3.05, 3.63) is 113 Å². The van der Waals surface area contributed by atoms with E-state index in [-0.39, 0.29) is 29.4 Å². The molecule has 35 heavy (non-hydrogen) atoms. The maximum absolute atomic E-state index is 2.31. The lowest BCUT2D eigenvalue weighted by atomic mass is 9.86. The van der Waals surface area contributed by atoms with Gasteiger partial charge in [0.05, 0.1) is 5.56 Å². The number of halogens is 1. The Balaban J connectivity index is 0.00000342. The third kappa shape index (κ3) is 6.49. The van der Waals surface area contributed by atoms with Crippen LogP contribution < -0.4 is 28.5 Å². The number of nitrogens with zero attached hydrogens (tertiary/aromatic N) is 1. The number of hydrogen-bond donors (Lipinski definition) is 0. The first-order valence-electron chi connectivity index (χ1n) is 12.2. The highest BCUT2D eigenvalue weighted by atomic mass is 127. The number of aryl methyl sites for hydroxylation is 1. The van der Waals surface area contributed by atoms with E-state index in [0.29, 0.717) is 5.92 Å². The van der Waals surface area contributed by atoms with Crippen LogP contribution in [0, 0.1) is 0 Å². The van der Waals surface area contributed by atoms with Gasteiger partial charge in [0.2, 0.25) is 5.69 Å². The predicted octanol–water partition coefficient (Wildman–Crippen LogP) is 5.44. The molecular formula is C33H36IN. The van der Waals surface area contributed by atoms with Gasteiger partial charge in [-0.05, 0) is 51.3 Å². The molecular weight excluding hydrogens is 537 g/mol. The SMILES string of the molecule is CC(C)c1ccc(/C=C/c2cc(-c3ccc(C(C)(C)C)cc3)[n+](C)cc2-c2ccccc2)cc1.[I-]. The summed E-state index contributed by atoms with van der Waals surface area (Å²) in [5.74, 6) is 0.545. The average molecular weight is 574 g/mol. The van der Waals surface area contributed by atoms with E-state index in [9.17, 15) is 0 Å². The Kier molecular flexibility index (Phi) is 8.71. The molecule has 0 N–H and O–H groups in total. The summed E-state index contributed by atoms with van der Waals surface area (Å²) in [6.45, 7) is 11.2. The predicted molar refractivity (Wildman–Crippen MR) is 147 cm³/mol. The molecule has 2 heteroatoms. The Morgan fingerprint density at radius 3 is 1.94 bits per heavy atom. The van der Waals surface area contributed by atoms with Crippen LogP contribution in [0.15, 0.2) is 91.1 Å². The maximum atomic E-state index is 2.31. The van der Waals surface area contributed by atoms with Gasteiger partial charge < -0.3 is 24.0 Å². The van der Waals surface area contributed by atoms with Gasteiger partial charge >= 0.3 is 0 Å². The minimum absolute atomic E-state index is 0. The molecule has 0 bridgehead atoms. The van der Waals surface area contributed by atoms with Crippen molar-refractivity contribution in [3.63, 3.8) is 0 Å². The Morgan fingerprint density at radius 2 is 1.37 bits per heavy atom. The second-order valence-corrected chi connectivity index (χ2v) is 10.5. The van der Waals surface area contributed by atoms with Crippen molar-refractivity contribution in [2.45, 2.75) is 46.0 Å². The molecule has 0 spiro atoms. The van der Waals surface area contributed by atoms with Crippen molar-refractivity contribution in [3.8, 4) is 22.4 Å². The highest BCUT2D eigenvalue weighted by Gasteiger charge is 2.18. The summed E-state index contributed by atoms with van der Waals surface area (Å²) in [5.41, 5.74) is 10.2. The molecule has 4 aromatic rings. The molecule has 0 radical (unpaired) electrons. The molecule has 3 aromatic carbocycles. The lowest BCUT2D eigenvalue weighted by Gasteiger charge is -2.19. The molecule has 0 unspecified atom stereocenters. The van der Waals surface area contributed by atoms with E-state index in [1.165, 1.54) is 44.6 Å². The molecule has 0 saturated carbocycles. The Morgan fingerprint density at radius 1 is 0.743 bits per heavy atom. The van der Waals surface area contributed by atoms with Crippen LogP contribution >= 0.6 is 0 Å². The molecule has 1 aromatic heterocycles. The first-order valence-corrected chi connectivity index (χ1v) is 12.2. The Bertz CT molecular complexity index is 1280. The third-order valence-electron chi connectivity index (χ3n) is 6.50. The largest absolute Gasteiger partial charge is 1.00 e. The van der Waals surface area contributed by atoms with Crippen molar-refractivity contribution in [2.24, 2.45) is 7.05 Å². The van der Waals surface area contributed by atoms with Crippen LogP contribution in [0.3, 0.4) is 0 Å². The van der Waals surface area contributed by atoms with E-state index in [1.807, 2.05) is 0 Å². The van der Waals surface area contributed by atoms with E-state index in [4.69, 9.17) is 0 Å². The smallest absolute Gasteiger partial charge is 0.212 e. The van der Waals surface area contributed by atoms with Crippen LogP contribution in [0.25, 0.3) is 34.5 Å². The van der Waals surface area contributed by atoms with E-state index in [0.717, 1.165) is 0 Å². The van der Waals surface area contributed by atoms with Crippen LogP contribution in [0.4, 0.5) is 0 Å². The maximum Gasteiger partial charge on any atom is 0.212 e. The van der Waals surface area contributed by atoms with E-state index >= 15 is 0 Å². The number of rotatable bonds is 5. The van der Waals surface area contributed by atoms with Crippen LogP contribution in [-0.2, 0) is 12.5 Å². The average Bonchev–Trinajstić information content (AvgIpc) is 2.83. The minimum Gasteiger partial charge on any atom is -1.00 e. The van der Waals surface area contributed by atoms with Crippen molar-refractivity contribution in [1.82, 2.24) is 0 Å². The van der Waals surface area contributed by atoms with Crippen molar-refractivity contribution in [2.75, 3.05) is 0 Å². The monoisotopic (exact) mass is 573 g/mol. The summed E-state index contributed by atoms with van der Waals surface area (Å²) in [6.07, 6.45) is 6.72. The van der Waals surface area contributed by atoms with Crippen LogP contribution in [0.5, 0.6) is 0 Å². The highest BCUT2D eigenvalue weighted by Crippen LogP contribution is 2.29. The standard InChI is InChI=1S/C33H36N.HI/c1-24(2)26-15-12-25(13-16-26)14-17-29-22-32(28-18-20-30(21-19-28)33(3,4)5)34(6)23-31(29)27-10-8-7-9-11-27;/h7-24H,1-6H3;1H/q+1;/p-1/b17-14+;. The molecule has 180 valence electrons. The Hall–Kier alpha value is -2.72. The molecule has 0 amide bonds. The number of hydrogen-bond acceptors (Lipinski definition) is 0. The van der Waals surface area contributed by atoms with Gasteiger partial charge in [0.15, 0.2) is 6.20 Å². The number of pyridine rings is 1. The number of aromatic nitrogens is 1. The first kappa shape index (κ1) is 26.9. The van der Waals surface area contributed by atoms with Crippen LogP contribution in [0.1, 0.15) is 62.8 Å². The van der Waals surface area contributed by atoms with Gasteiger partial charge in [0, 0.05) is 11.6 Å². The van der Waals surface area contributed by atoms with Gasteiger partial charge in [-0.15, -0.1) is 0 Å². The number of benzene rings is 3. The zero-order chi connectivity index (χ0) is 24.3. The van der Waals surface area contributed by atoms with Gasteiger partial charge in [0.1, 0.15) is 7.05 Å². The van der Waals surface area contributed by atoms with E-state index in [2.05, 4.69) is 150 Å². The summed E-state index contributed by atoms with van der Waals surface area (Å²) in [7, 11) is 2.14. The molecule has 0 aliphatic rings. The zero-order valence-electron chi connectivity index (χ0n) is 21.7. The normalized spacial score (nSPS) is 11.6. The highest BCUT2D eigenvalue weighted by molar-refractivity contribution is 5.81. The summed E-state index contributed by atoms with van der Waals surface area (Å²) in [4.78, 5) is 0. The lowest BCUT2D eigenvalue weighted by molar-refractivity contribution is -0.659. The molecule has 0 aliphatic heterocycles. The summed E-state index contributed by atoms with van der Waals surface area (Å²) in [5, 5.41) is 0. The Labute approximate surface area is 228 Å². The molecule has 1 heterocycles. The molecule has 0 atom stereocenters. The quantitative estimate of drug-likeness (QED) is 0.221. The summed E-state index contributed by atoms with van der Waals surface area (Å²) >= 11 is 0. The minimum atomic E-state index is 0. The molecule has 4 rings (SSSR count). The van der Waals surface area contributed by atoms with Crippen molar-refractivity contribution in [1.29, 1.82) is 0 Å². The first-order chi connectivity index (χ1) is 16.2. The fourth-order valence-electron chi connectivity index (χ4n) is 4.27. The van der Waals surface area contributed by atoms with Gasteiger partial charge in [-0.2, -0.15) is 0 Å². The van der Waals surface area contributed by atoms with Crippen molar-refractivity contribution < 1.29 is 28.5 Å². The van der Waals surface area contributed by atoms with Crippen LogP contribution in [-0.4, -0.2) is 0 Å². The van der Waals surface area contributed by atoms with Gasteiger partial charge in [0.25, 0.3) is 0 Å². The second-order valence-electron chi connectivity index (χ2n) is 10.5. The fourth-order valence-corrected chi connectivity index (χ4v) is 4.27. The topological polar surface area (TPSA) is 3.88 Å². The van der Waals surface area contributed by atoms with Crippen LogP contribution in [0.2, 0.25) is 0 Å². The van der Waals surface area contributed by atoms with E-state index in [1.54, 1.807) is 0 Å². The van der Waals surface area contributed by atoms with Gasteiger partial charge in [-0.1, -0.05) is 114 Å². The zero-order valence-corrected chi connectivity index (χ0v) is 23.9. The van der Waals surface area contributed by atoms with E-state index < -0.39 is 0 Å². The fraction of sp³-hybridized carbons (Fsp3) is 0.242. The third-order valence-corrected chi connectivity index (χ3v) is 6.50. The molecule has 0 aliphatic carbocycles. The summed E-state index contributed by atoms with van der Waals surface area (Å²) in [6, 6.07) is 30.8. The summed E-state index contributed by atoms with van der Waals surface area (Å²) < 4.78 is 2.24. The van der Waals surface area contributed by atoms with Crippen molar-refractivity contribution >= 4 is 12.2 Å². The lowest BCUT2D eigenvalue weighted by Crippen LogP contribution is -3.00.